The summed E-state index contributed by atoms with van der Waals surface area (Å²) >= 11 is 1.56. The number of hydrogen-bond donors (Lipinski definition) is 2. The van der Waals surface area contributed by atoms with Crippen molar-refractivity contribution in [2.45, 2.75) is 44.6 Å². The first-order valence-electron chi connectivity index (χ1n) is 8.06. The second-order valence-corrected chi connectivity index (χ2v) is 7.11. The highest BCUT2D eigenvalue weighted by atomic mass is 32.1. The average Bonchev–Trinajstić information content (AvgIpc) is 3.10. The molecule has 0 bridgehead atoms. The molecule has 0 saturated heterocycles. The molecule has 1 fully saturated rings. The Morgan fingerprint density at radius 2 is 2.17 bits per heavy atom. The van der Waals surface area contributed by atoms with Gasteiger partial charge in [0, 0.05) is 29.0 Å². The molecule has 0 atom stereocenters. The lowest BCUT2D eigenvalue weighted by Gasteiger charge is -2.36. The van der Waals surface area contributed by atoms with E-state index in [-0.39, 0.29) is 0 Å². The number of aliphatic hydroxyl groups is 1. The minimum absolute atomic E-state index is 0.314. The van der Waals surface area contributed by atoms with E-state index in [0.29, 0.717) is 18.8 Å². The molecule has 0 aliphatic heterocycles. The van der Waals surface area contributed by atoms with Crippen LogP contribution in [0.5, 0.6) is 0 Å². The molecular weight excluding hydrogens is 306 g/mol. The normalized spacial score (nSPS) is 24.5. The van der Waals surface area contributed by atoms with Crippen LogP contribution < -0.4 is 0 Å². The molecule has 0 unspecified atom stereocenters. The van der Waals surface area contributed by atoms with Crippen LogP contribution in [0.25, 0.3) is 10.7 Å². The third-order valence-electron chi connectivity index (χ3n) is 4.68. The second kappa shape index (κ2) is 6.89. The quantitative estimate of drug-likeness (QED) is 0.807. The van der Waals surface area contributed by atoms with Crippen molar-refractivity contribution in [1.82, 2.24) is 9.97 Å². The van der Waals surface area contributed by atoms with Crippen molar-refractivity contribution in [1.29, 1.82) is 5.41 Å². The Bertz CT molecular complexity index is 643. The van der Waals surface area contributed by atoms with E-state index in [1.54, 1.807) is 23.7 Å². The van der Waals surface area contributed by atoms with Gasteiger partial charge in [0.25, 0.3) is 0 Å². The highest BCUT2D eigenvalue weighted by molar-refractivity contribution is 7.13. The first-order valence-corrected chi connectivity index (χ1v) is 8.94. The Balaban J connectivity index is 1.68. The van der Waals surface area contributed by atoms with E-state index >= 15 is 0 Å². The van der Waals surface area contributed by atoms with Gasteiger partial charge in [0.1, 0.15) is 5.01 Å². The molecule has 1 aliphatic carbocycles. The maximum atomic E-state index is 11.0. The van der Waals surface area contributed by atoms with Crippen molar-refractivity contribution in [2.75, 3.05) is 0 Å². The summed E-state index contributed by atoms with van der Waals surface area (Å²) in [4.78, 5) is 8.73. The zero-order valence-corrected chi connectivity index (χ0v) is 14.1. The zero-order chi connectivity index (χ0) is 16.3. The van der Waals surface area contributed by atoms with Gasteiger partial charge in [-0.2, -0.15) is 0 Å². The van der Waals surface area contributed by atoms with Gasteiger partial charge in [-0.25, -0.2) is 4.98 Å². The van der Waals surface area contributed by atoms with Crippen LogP contribution in [0.15, 0.2) is 29.9 Å². The SMILES string of the molecule is C[CH]CC(=N)C1CCC(O)(c2ccc(-c3nccs3)nc2)CC1. The van der Waals surface area contributed by atoms with Gasteiger partial charge in [0.2, 0.25) is 0 Å². The van der Waals surface area contributed by atoms with Crippen LogP contribution in [0.4, 0.5) is 0 Å². The first kappa shape index (κ1) is 16.3. The van der Waals surface area contributed by atoms with Crippen LogP contribution in [0.1, 0.15) is 44.6 Å². The van der Waals surface area contributed by atoms with E-state index in [4.69, 9.17) is 5.41 Å². The summed E-state index contributed by atoms with van der Waals surface area (Å²) in [6, 6.07) is 3.90. The number of aromatic nitrogens is 2. The maximum absolute atomic E-state index is 11.0. The fourth-order valence-electron chi connectivity index (χ4n) is 3.26. The Morgan fingerprint density at radius 3 is 2.74 bits per heavy atom. The van der Waals surface area contributed by atoms with Gasteiger partial charge in [-0.1, -0.05) is 13.0 Å². The second-order valence-electron chi connectivity index (χ2n) is 6.21. The molecule has 3 rings (SSSR count). The zero-order valence-electron chi connectivity index (χ0n) is 13.3. The number of nitrogens with zero attached hydrogens (tertiary/aromatic N) is 2. The first-order chi connectivity index (χ1) is 11.1. The third kappa shape index (κ3) is 3.51. The van der Waals surface area contributed by atoms with Gasteiger partial charge in [0.15, 0.2) is 0 Å². The standard InChI is InChI=1S/C18H22N3OS/c1-2-3-15(19)13-6-8-18(22,9-7-13)14-4-5-16(21-12-14)17-20-10-11-23-17/h2,4-5,10-13,19,22H,3,6-9H2,1H3. The van der Waals surface area contributed by atoms with E-state index in [2.05, 4.69) is 9.97 Å². The van der Waals surface area contributed by atoms with E-state index in [1.165, 1.54) is 0 Å². The topological polar surface area (TPSA) is 69.9 Å². The van der Waals surface area contributed by atoms with Gasteiger partial charge in [0.05, 0.1) is 11.3 Å². The lowest BCUT2D eigenvalue weighted by Crippen LogP contribution is -2.33. The number of hydrogen-bond acceptors (Lipinski definition) is 5. The lowest BCUT2D eigenvalue weighted by molar-refractivity contribution is -0.00739. The molecule has 0 spiro atoms. The van der Waals surface area contributed by atoms with Crippen molar-refractivity contribution in [3.05, 3.63) is 41.9 Å². The van der Waals surface area contributed by atoms with Crippen LogP contribution in [-0.4, -0.2) is 20.8 Å². The van der Waals surface area contributed by atoms with Crippen LogP contribution >= 0.6 is 11.3 Å². The predicted molar refractivity (Wildman–Crippen MR) is 93.5 cm³/mol. The highest BCUT2D eigenvalue weighted by Crippen LogP contribution is 2.40. The summed E-state index contributed by atoms with van der Waals surface area (Å²) in [6.07, 6.45) is 9.48. The number of rotatable bonds is 5. The smallest absolute Gasteiger partial charge is 0.141 e. The molecule has 121 valence electrons. The fourth-order valence-corrected chi connectivity index (χ4v) is 3.88. The van der Waals surface area contributed by atoms with Crippen LogP contribution in [-0.2, 0) is 5.60 Å². The molecule has 1 aliphatic rings. The lowest BCUT2D eigenvalue weighted by atomic mass is 9.73. The maximum Gasteiger partial charge on any atom is 0.141 e. The molecular formula is C18H22N3OS. The van der Waals surface area contributed by atoms with Crippen LogP contribution in [0.2, 0.25) is 0 Å². The summed E-state index contributed by atoms with van der Waals surface area (Å²) in [5.41, 5.74) is 1.72. The van der Waals surface area contributed by atoms with E-state index < -0.39 is 5.60 Å². The molecule has 0 aromatic carbocycles. The highest BCUT2D eigenvalue weighted by Gasteiger charge is 2.36. The number of nitrogens with one attached hydrogen (secondary N) is 1. The third-order valence-corrected chi connectivity index (χ3v) is 5.48. The molecule has 2 aromatic heterocycles. The van der Waals surface area contributed by atoms with Gasteiger partial charge in [-0.3, -0.25) is 4.98 Å². The average molecular weight is 328 g/mol. The van der Waals surface area contributed by atoms with Crippen LogP contribution in [0.3, 0.4) is 0 Å². The van der Waals surface area contributed by atoms with Gasteiger partial charge >= 0.3 is 0 Å². The summed E-state index contributed by atoms with van der Waals surface area (Å²) in [7, 11) is 0. The van der Waals surface area contributed by atoms with E-state index in [1.807, 2.05) is 30.9 Å². The molecule has 23 heavy (non-hydrogen) atoms. The minimum Gasteiger partial charge on any atom is -0.385 e. The van der Waals surface area contributed by atoms with E-state index in [0.717, 1.165) is 41.2 Å². The Morgan fingerprint density at radius 1 is 1.39 bits per heavy atom. The Hall–Kier alpha value is -1.59. The van der Waals surface area contributed by atoms with E-state index in [9.17, 15) is 5.11 Å². The molecule has 1 saturated carbocycles. The predicted octanol–water partition coefficient (Wildman–Crippen LogP) is 4.22. The molecule has 5 heteroatoms. The van der Waals surface area contributed by atoms with Crippen molar-refractivity contribution in [3.8, 4) is 10.7 Å². The van der Waals surface area contributed by atoms with Crippen molar-refractivity contribution in [3.63, 3.8) is 0 Å². The molecule has 4 nitrogen and oxygen atoms in total. The summed E-state index contributed by atoms with van der Waals surface area (Å²) in [5, 5.41) is 21.9. The number of pyridine rings is 1. The largest absolute Gasteiger partial charge is 0.385 e. The van der Waals surface area contributed by atoms with Gasteiger partial charge in [-0.05, 0) is 50.5 Å². The van der Waals surface area contributed by atoms with Crippen LogP contribution in [0, 0.1) is 17.7 Å². The summed E-state index contributed by atoms with van der Waals surface area (Å²) in [6.45, 7) is 1.99. The van der Waals surface area contributed by atoms with Crippen molar-refractivity contribution in [2.24, 2.45) is 5.92 Å². The molecule has 2 aromatic rings. The molecule has 1 radical (unpaired) electrons. The number of thiazole rings is 1. The summed E-state index contributed by atoms with van der Waals surface area (Å²) < 4.78 is 0. The molecule has 2 heterocycles. The molecule has 0 amide bonds. The Labute approximate surface area is 141 Å². The summed E-state index contributed by atoms with van der Waals surface area (Å²) in [5.74, 6) is 0.314. The van der Waals surface area contributed by atoms with Gasteiger partial charge < -0.3 is 10.5 Å². The Kier molecular flexibility index (Phi) is 4.87. The molecule has 2 N–H and O–H groups in total. The van der Waals surface area contributed by atoms with Crippen molar-refractivity contribution >= 4 is 17.0 Å². The van der Waals surface area contributed by atoms with Crippen molar-refractivity contribution < 1.29 is 5.11 Å². The van der Waals surface area contributed by atoms with Gasteiger partial charge in [-0.15, -0.1) is 11.3 Å². The fraction of sp³-hybridized carbons (Fsp3) is 0.444. The minimum atomic E-state index is -0.804. The monoisotopic (exact) mass is 328 g/mol.